The van der Waals surface area contributed by atoms with Crippen molar-refractivity contribution < 1.29 is 36.3 Å². The Morgan fingerprint density at radius 1 is 0.957 bits per heavy atom. The normalized spacial score (nSPS) is 12.4. The lowest BCUT2D eigenvalue weighted by molar-refractivity contribution is -0.676. The van der Waals surface area contributed by atoms with Crippen LogP contribution in [0.1, 0.15) is 22.4 Å². The summed E-state index contributed by atoms with van der Waals surface area (Å²) in [5, 5.41) is 23.8. The van der Waals surface area contributed by atoms with Crippen LogP contribution in [0.2, 0.25) is 0 Å². The Morgan fingerprint density at radius 3 is 1.96 bits per heavy atom. The van der Waals surface area contributed by atoms with Crippen LogP contribution in [0, 0.1) is 5.21 Å². The lowest BCUT2D eigenvalue weighted by atomic mass is 10.0. The highest BCUT2D eigenvalue weighted by Crippen LogP contribution is 2.36. The molecule has 0 fully saturated rings. The van der Waals surface area contributed by atoms with Gasteiger partial charge in [0.25, 0.3) is 0 Å². The molecule has 124 valence electrons. The molecule has 0 aliphatic heterocycles. The molecule has 0 spiro atoms. The van der Waals surface area contributed by atoms with Crippen molar-refractivity contribution in [2.24, 2.45) is 0 Å². The minimum absolute atomic E-state index is 0.00450. The third-order valence-corrected chi connectivity index (χ3v) is 2.89. The van der Waals surface area contributed by atoms with Crippen molar-refractivity contribution in [1.29, 1.82) is 0 Å². The van der Waals surface area contributed by atoms with E-state index in [1.165, 1.54) is 0 Å². The molecule has 0 aliphatic rings. The Kier molecular flexibility index (Phi) is 4.10. The maximum Gasteiger partial charge on any atom is 0.416 e. The number of hydrogen-bond acceptors (Lipinski definition) is 3. The SMILES string of the molecule is [O-][n+]1ncc(O)cc1Cc1cc(C(F)(F)F)cc(C(F)(F)F)c1. The van der Waals surface area contributed by atoms with Crippen LogP contribution in [0.15, 0.2) is 30.5 Å². The van der Waals surface area contributed by atoms with E-state index in [-0.39, 0.29) is 22.2 Å². The van der Waals surface area contributed by atoms with E-state index < -0.39 is 35.6 Å². The molecule has 0 saturated carbocycles. The van der Waals surface area contributed by atoms with Gasteiger partial charge in [0, 0.05) is 5.10 Å². The number of benzene rings is 1. The fourth-order valence-corrected chi connectivity index (χ4v) is 1.90. The molecule has 1 aromatic carbocycles. The Morgan fingerprint density at radius 2 is 1.48 bits per heavy atom. The van der Waals surface area contributed by atoms with Gasteiger partial charge in [-0.25, -0.2) is 0 Å². The molecule has 10 heteroatoms. The van der Waals surface area contributed by atoms with Crippen LogP contribution in [0.25, 0.3) is 0 Å². The summed E-state index contributed by atoms with van der Waals surface area (Å²) in [4.78, 5) is 0.00719. The summed E-state index contributed by atoms with van der Waals surface area (Å²) in [7, 11) is 0. The Bertz CT molecular complexity index is 695. The van der Waals surface area contributed by atoms with E-state index in [9.17, 15) is 36.7 Å². The molecule has 0 bridgehead atoms. The predicted molar refractivity (Wildman–Crippen MR) is 64.1 cm³/mol. The third kappa shape index (κ3) is 4.02. The molecule has 23 heavy (non-hydrogen) atoms. The summed E-state index contributed by atoms with van der Waals surface area (Å²) >= 11 is 0. The molecule has 2 rings (SSSR count). The molecule has 0 amide bonds. The largest absolute Gasteiger partial charge is 0.594 e. The van der Waals surface area contributed by atoms with E-state index in [0.717, 1.165) is 12.3 Å². The number of aromatic hydroxyl groups is 1. The number of rotatable bonds is 2. The summed E-state index contributed by atoms with van der Waals surface area (Å²) in [6.45, 7) is 0. The Balaban J connectivity index is 2.51. The van der Waals surface area contributed by atoms with Gasteiger partial charge in [-0.15, -0.1) is 0 Å². The van der Waals surface area contributed by atoms with Gasteiger partial charge in [-0.05, 0) is 23.8 Å². The fraction of sp³-hybridized carbons (Fsp3) is 0.231. The van der Waals surface area contributed by atoms with Gasteiger partial charge in [0.2, 0.25) is 5.69 Å². The lowest BCUT2D eigenvalue weighted by Gasteiger charge is -2.14. The van der Waals surface area contributed by atoms with Crippen molar-refractivity contribution in [1.82, 2.24) is 5.10 Å². The van der Waals surface area contributed by atoms with Crippen molar-refractivity contribution in [2.75, 3.05) is 0 Å². The van der Waals surface area contributed by atoms with Crippen LogP contribution in [-0.4, -0.2) is 10.2 Å². The van der Waals surface area contributed by atoms with Crippen LogP contribution in [0.3, 0.4) is 0 Å². The second kappa shape index (κ2) is 5.60. The minimum Gasteiger partial charge on any atom is -0.594 e. The fourth-order valence-electron chi connectivity index (χ4n) is 1.90. The molecule has 0 radical (unpaired) electrons. The highest BCUT2D eigenvalue weighted by atomic mass is 19.4. The van der Waals surface area contributed by atoms with Gasteiger partial charge in [-0.1, -0.05) is 4.85 Å². The molecule has 0 unspecified atom stereocenters. The summed E-state index contributed by atoms with van der Waals surface area (Å²) in [5.74, 6) is -0.435. The average molecular weight is 338 g/mol. The molecule has 1 aromatic heterocycles. The van der Waals surface area contributed by atoms with Crippen LogP contribution in [0.4, 0.5) is 26.3 Å². The van der Waals surface area contributed by atoms with Gasteiger partial charge in [0.1, 0.15) is 11.9 Å². The zero-order valence-corrected chi connectivity index (χ0v) is 11.1. The van der Waals surface area contributed by atoms with Gasteiger partial charge in [0.15, 0.2) is 0 Å². The molecular weight excluding hydrogens is 330 g/mol. The van der Waals surface area contributed by atoms with Gasteiger partial charge >= 0.3 is 12.4 Å². The number of hydrogen-bond donors (Lipinski definition) is 1. The number of halogens is 6. The van der Waals surface area contributed by atoms with Crippen molar-refractivity contribution in [2.45, 2.75) is 18.8 Å². The molecule has 0 atom stereocenters. The summed E-state index contributed by atoms with van der Waals surface area (Å²) in [6, 6.07) is 1.93. The zero-order chi connectivity index (χ0) is 17.4. The van der Waals surface area contributed by atoms with E-state index in [2.05, 4.69) is 5.10 Å². The molecule has 1 N–H and O–H groups in total. The van der Waals surface area contributed by atoms with Crippen molar-refractivity contribution in [3.05, 3.63) is 58.1 Å². The van der Waals surface area contributed by atoms with Crippen LogP contribution >= 0.6 is 0 Å². The predicted octanol–water partition coefficient (Wildman–Crippen LogP) is 3.05. The monoisotopic (exact) mass is 338 g/mol. The number of aromatic nitrogens is 2. The molecule has 0 aliphatic carbocycles. The first-order valence-corrected chi connectivity index (χ1v) is 6.03. The van der Waals surface area contributed by atoms with Gasteiger partial charge in [-0.2, -0.15) is 26.3 Å². The van der Waals surface area contributed by atoms with E-state index in [1.807, 2.05) is 0 Å². The van der Waals surface area contributed by atoms with Crippen LogP contribution < -0.4 is 4.85 Å². The molecule has 0 saturated heterocycles. The topological polar surface area (TPSA) is 60.1 Å². The summed E-state index contributed by atoms with van der Waals surface area (Å²) < 4.78 is 76.4. The molecule has 1 heterocycles. The Hall–Kier alpha value is -2.52. The van der Waals surface area contributed by atoms with Crippen molar-refractivity contribution in [3.8, 4) is 5.75 Å². The van der Waals surface area contributed by atoms with Gasteiger partial charge in [0.05, 0.1) is 23.6 Å². The van der Waals surface area contributed by atoms with Crippen molar-refractivity contribution >= 4 is 0 Å². The minimum atomic E-state index is -4.97. The molecule has 2 aromatic rings. The average Bonchev–Trinajstić information content (AvgIpc) is 2.40. The first-order chi connectivity index (χ1) is 10.5. The van der Waals surface area contributed by atoms with Gasteiger partial charge < -0.3 is 10.3 Å². The third-order valence-electron chi connectivity index (χ3n) is 2.89. The highest BCUT2D eigenvalue weighted by Gasteiger charge is 2.37. The standard InChI is InChI=1S/C13H8F6N2O2/c14-12(15,16)8-1-7(2-9(4-8)13(17,18)19)3-10-5-11(22)6-20-21(10)23/h1-2,4-6,22H,3H2. The second-order valence-electron chi connectivity index (χ2n) is 4.67. The first kappa shape index (κ1) is 16.8. The van der Waals surface area contributed by atoms with E-state index in [1.54, 1.807) is 0 Å². The van der Waals surface area contributed by atoms with Gasteiger partial charge in [-0.3, -0.25) is 0 Å². The summed E-state index contributed by atoms with van der Waals surface area (Å²) in [5.41, 5.74) is -3.64. The van der Waals surface area contributed by atoms with Crippen LogP contribution in [0.5, 0.6) is 5.75 Å². The molecule has 4 nitrogen and oxygen atoms in total. The quantitative estimate of drug-likeness (QED) is 0.520. The van der Waals surface area contributed by atoms with E-state index in [0.29, 0.717) is 12.1 Å². The zero-order valence-electron chi connectivity index (χ0n) is 11.1. The smallest absolute Gasteiger partial charge is 0.416 e. The van der Waals surface area contributed by atoms with E-state index in [4.69, 9.17) is 0 Å². The van der Waals surface area contributed by atoms with Crippen molar-refractivity contribution in [3.63, 3.8) is 0 Å². The maximum atomic E-state index is 12.7. The highest BCUT2D eigenvalue weighted by molar-refractivity contribution is 5.35. The Labute approximate surface area is 125 Å². The summed E-state index contributed by atoms with van der Waals surface area (Å²) in [6.07, 6.45) is -9.71. The lowest BCUT2D eigenvalue weighted by Crippen LogP contribution is -2.35. The number of alkyl halides is 6. The molecular formula is C13H8F6N2O2. The van der Waals surface area contributed by atoms with E-state index >= 15 is 0 Å². The number of nitrogens with zero attached hydrogens (tertiary/aromatic N) is 2. The first-order valence-electron chi connectivity index (χ1n) is 6.03. The van der Waals surface area contributed by atoms with Crippen LogP contribution in [-0.2, 0) is 18.8 Å². The maximum absolute atomic E-state index is 12.7. The second-order valence-corrected chi connectivity index (χ2v) is 4.67.